The minimum atomic E-state index is -1.01. The quantitative estimate of drug-likeness (QED) is 0.760. The molecule has 7 heteroatoms. The molecule has 0 aliphatic heterocycles. The monoisotopic (exact) mass is 272 g/mol. The number of aromatic nitrogens is 2. The van der Waals surface area contributed by atoms with Crippen molar-refractivity contribution in [2.24, 2.45) is 0 Å². The van der Waals surface area contributed by atoms with Crippen LogP contribution in [0.25, 0.3) is 11.3 Å². The van der Waals surface area contributed by atoms with Crippen LogP contribution >= 0.6 is 0 Å². The van der Waals surface area contributed by atoms with Gasteiger partial charge < -0.3 is 16.2 Å². The van der Waals surface area contributed by atoms with Gasteiger partial charge in [-0.15, -0.1) is 0 Å². The number of nitrogens with one attached hydrogen (secondary N) is 1. The Labute approximate surface area is 114 Å². The van der Waals surface area contributed by atoms with E-state index in [0.29, 0.717) is 11.3 Å². The van der Waals surface area contributed by atoms with Crippen molar-refractivity contribution in [3.8, 4) is 11.3 Å². The summed E-state index contributed by atoms with van der Waals surface area (Å²) < 4.78 is 0. The lowest BCUT2D eigenvalue weighted by atomic mass is 10.1. The summed E-state index contributed by atoms with van der Waals surface area (Å²) >= 11 is 0. The van der Waals surface area contributed by atoms with E-state index in [9.17, 15) is 9.59 Å². The molecule has 0 bridgehead atoms. The number of nitrogen functional groups attached to an aromatic ring is 1. The van der Waals surface area contributed by atoms with Gasteiger partial charge in [0.2, 0.25) is 0 Å². The molecule has 1 aromatic heterocycles. The molecule has 0 saturated carbocycles. The summed E-state index contributed by atoms with van der Waals surface area (Å²) in [6.45, 7) is 0. The molecule has 1 amide bonds. The molecule has 20 heavy (non-hydrogen) atoms. The fraction of sp³-hybridized carbons (Fsp3) is 0.0769. The number of amides is 1. The highest BCUT2D eigenvalue weighted by Gasteiger charge is 2.13. The second-order valence-electron chi connectivity index (χ2n) is 3.95. The normalized spacial score (nSPS) is 10.1. The number of carboxylic acid groups (broad SMARTS) is 1. The van der Waals surface area contributed by atoms with Gasteiger partial charge in [-0.05, 0) is 12.1 Å². The van der Waals surface area contributed by atoms with Gasteiger partial charge in [0, 0.05) is 12.6 Å². The summed E-state index contributed by atoms with van der Waals surface area (Å²) in [5.74, 6) is -1.40. The summed E-state index contributed by atoms with van der Waals surface area (Å²) in [6.07, 6.45) is 1.43. The number of hydrogen-bond acceptors (Lipinski definition) is 5. The number of benzene rings is 1. The molecule has 0 aliphatic rings. The number of hydrogen-bond donors (Lipinski definition) is 3. The van der Waals surface area contributed by atoms with Crippen molar-refractivity contribution in [1.29, 1.82) is 0 Å². The molecule has 2 rings (SSSR count). The van der Waals surface area contributed by atoms with Crippen LogP contribution in [0.2, 0.25) is 0 Å². The highest BCUT2D eigenvalue weighted by molar-refractivity contribution is 5.96. The zero-order valence-electron chi connectivity index (χ0n) is 10.6. The largest absolute Gasteiger partial charge is 0.478 e. The lowest BCUT2D eigenvalue weighted by Gasteiger charge is -2.06. The molecular weight excluding hydrogens is 260 g/mol. The third kappa shape index (κ3) is 2.56. The SMILES string of the molecule is CNC(=O)c1nc(-c2ccc(C(=O)O)cc2)cnc1N. The Morgan fingerprint density at radius 1 is 1.25 bits per heavy atom. The van der Waals surface area contributed by atoms with E-state index < -0.39 is 11.9 Å². The van der Waals surface area contributed by atoms with Gasteiger partial charge >= 0.3 is 5.97 Å². The number of nitrogens with zero attached hydrogens (tertiary/aromatic N) is 2. The molecule has 0 spiro atoms. The molecule has 0 aliphatic carbocycles. The number of anilines is 1. The molecule has 1 heterocycles. The molecule has 0 fully saturated rings. The van der Waals surface area contributed by atoms with E-state index >= 15 is 0 Å². The summed E-state index contributed by atoms with van der Waals surface area (Å²) in [6, 6.07) is 6.10. The number of carboxylic acids is 1. The highest BCUT2D eigenvalue weighted by Crippen LogP contribution is 2.19. The first kappa shape index (κ1) is 13.5. The second-order valence-corrected chi connectivity index (χ2v) is 3.95. The van der Waals surface area contributed by atoms with Gasteiger partial charge in [0.15, 0.2) is 11.5 Å². The zero-order valence-corrected chi connectivity index (χ0v) is 10.6. The second kappa shape index (κ2) is 5.35. The third-order valence-electron chi connectivity index (χ3n) is 2.67. The number of carbonyl (C=O) groups is 2. The molecule has 1 aromatic carbocycles. The van der Waals surface area contributed by atoms with Gasteiger partial charge in [0.25, 0.3) is 5.91 Å². The van der Waals surface area contributed by atoms with Crippen molar-refractivity contribution in [2.75, 3.05) is 12.8 Å². The Bertz CT molecular complexity index is 668. The van der Waals surface area contributed by atoms with Gasteiger partial charge in [-0.3, -0.25) is 4.79 Å². The Morgan fingerprint density at radius 3 is 2.45 bits per heavy atom. The predicted octanol–water partition coefficient (Wildman–Crippen LogP) is 0.784. The van der Waals surface area contributed by atoms with Crippen LogP contribution in [0.1, 0.15) is 20.8 Å². The summed E-state index contributed by atoms with van der Waals surface area (Å²) in [4.78, 5) is 30.4. The smallest absolute Gasteiger partial charge is 0.335 e. The van der Waals surface area contributed by atoms with E-state index in [1.165, 1.54) is 25.4 Å². The minimum absolute atomic E-state index is 0.0345. The number of aromatic carboxylic acids is 1. The number of carbonyl (C=O) groups excluding carboxylic acids is 1. The molecule has 4 N–H and O–H groups in total. The topological polar surface area (TPSA) is 118 Å². The van der Waals surface area contributed by atoms with Crippen LogP contribution in [0.4, 0.5) is 5.82 Å². The van der Waals surface area contributed by atoms with Crippen molar-refractivity contribution in [3.63, 3.8) is 0 Å². The van der Waals surface area contributed by atoms with E-state index in [4.69, 9.17) is 10.8 Å². The summed E-state index contributed by atoms with van der Waals surface area (Å²) in [5.41, 5.74) is 6.89. The average molecular weight is 272 g/mol. The molecule has 2 aromatic rings. The highest BCUT2D eigenvalue weighted by atomic mass is 16.4. The maximum Gasteiger partial charge on any atom is 0.335 e. The third-order valence-corrected chi connectivity index (χ3v) is 2.67. The van der Waals surface area contributed by atoms with Gasteiger partial charge in [0.05, 0.1) is 17.5 Å². The van der Waals surface area contributed by atoms with Crippen LogP contribution in [-0.2, 0) is 0 Å². The van der Waals surface area contributed by atoms with Gasteiger partial charge in [0.1, 0.15) is 0 Å². The first-order valence-corrected chi connectivity index (χ1v) is 5.71. The zero-order chi connectivity index (χ0) is 14.7. The molecule has 102 valence electrons. The van der Waals surface area contributed by atoms with Crippen molar-refractivity contribution in [2.45, 2.75) is 0 Å². The van der Waals surface area contributed by atoms with Crippen LogP contribution in [-0.4, -0.2) is 34.0 Å². The Balaban J connectivity index is 2.42. The van der Waals surface area contributed by atoms with Crippen LogP contribution in [0.5, 0.6) is 0 Å². The van der Waals surface area contributed by atoms with Crippen LogP contribution in [0, 0.1) is 0 Å². The standard InChI is InChI=1S/C13H12N4O3/c1-15-12(18)10-11(14)16-6-9(17-10)7-2-4-8(5-3-7)13(19)20/h2-6H,1H3,(H2,14,16)(H,15,18)(H,19,20). The van der Waals surface area contributed by atoms with E-state index in [1.54, 1.807) is 12.1 Å². The Kier molecular flexibility index (Phi) is 3.60. The van der Waals surface area contributed by atoms with Gasteiger partial charge in [-0.2, -0.15) is 0 Å². The Hall–Kier alpha value is -2.96. The van der Waals surface area contributed by atoms with E-state index in [0.717, 1.165) is 0 Å². The molecule has 7 nitrogen and oxygen atoms in total. The lowest BCUT2D eigenvalue weighted by Crippen LogP contribution is -2.21. The van der Waals surface area contributed by atoms with Crippen LogP contribution in [0.15, 0.2) is 30.5 Å². The van der Waals surface area contributed by atoms with Crippen LogP contribution < -0.4 is 11.1 Å². The first-order chi connectivity index (χ1) is 9.52. The predicted molar refractivity (Wildman–Crippen MR) is 72.2 cm³/mol. The van der Waals surface area contributed by atoms with Crippen molar-refractivity contribution >= 4 is 17.7 Å². The van der Waals surface area contributed by atoms with Gasteiger partial charge in [-0.25, -0.2) is 14.8 Å². The van der Waals surface area contributed by atoms with Crippen LogP contribution in [0.3, 0.4) is 0 Å². The summed E-state index contributed by atoms with van der Waals surface area (Å²) in [5, 5.41) is 11.3. The summed E-state index contributed by atoms with van der Waals surface area (Å²) in [7, 11) is 1.47. The van der Waals surface area contributed by atoms with E-state index in [2.05, 4.69) is 15.3 Å². The molecule has 0 unspecified atom stereocenters. The fourth-order valence-electron chi connectivity index (χ4n) is 1.61. The van der Waals surface area contributed by atoms with Crippen molar-refractivity contribution < 1.29 is 14.7 Å². The molecule has 0 radical (unpaired) electrons. The maximum absolute atomic E-state index is 11.6. The maximum atomic E-state index is 11.6. The fourth-order valence-corrected chi connectivity index (χ4v) is 1.61. The van der Waals surface area contributed by atoms with E-state index in [-0.39, 0.29) is 17.1 Å². The van der Waals surface area contributed by atoms with Gasteiger partial charge in [-0.1, -0.05) is 12.1 Å². The molecule has 0 saturated heterocycles. The van der Waals surface area contributed by atoms with E-state index in [1.807, 2.05) is 0 Å². The molecular formula is C13H12N4O3. The average Bonchev–Trinajstić information content (AvgIpc) is 2.47. The number of nitrogens with two attached hydrogens (primary N) is 1. The lowest BCUT2D eigenvalue weighted by molar-refractivity contribution is 0.0696. The minimum Gasteiger partial charge on any atom is -0.478 e. The van der Waals surface area contributed by atoms with Crippen molar-refractivity contribution in [3.05, 3.63) is 41.7 Å². The van der Waals surface area contributed by atoms with Crippen molar-refractivity contribution in [1.82, 2.24) is 15.3 Å². The Morgan fingerprint density at radius 2 is 1.90 bits per heavy atom. The number of rotatable bonds is 3. The molecule has 0 atom stereocenters. The first-order valence-electron chi connectivity index (χ1n) is 5.71.